The normalized spacial score (nSPS) is 11.1. The molecule has 0 amide bonds. The summed E-state index contributed by atoms with van der Waals surface area (Å²) in [4.78, 5) is 0. The van der Waals surface area contributed by atoms with Crippen LogP contribution in [0.15, 0.2) is 158 Å². The van der Waals surface area contributed by atoms with Crippen LogP contribution in [0.4, 0.5) is 22.7 Å². The molecule has 0 saturated carbocycles. The summed E-state index contributed by atoms with van der Waals surface area (Å²) in [6.45, 7) is 8.41. The van der Waals surface area contributed by atoms with Gasteiger partial charge < -0.3 is 12.2 Å². The van der Waals surface area contributed by atoms with Gasteiger partial charge in [0.25, 0.3) is 0 Å². The van der Waals surface area contributed by atoms with E-state index in [4.69, 9.17) is 24.1 Å². The average molecular weight is 705 g/mol. The monoisotopic (exact) mass is 704 g/mol. The molecular formula is C40H42N4P2S2. The fourth-order valence-corrected chi connectivity index (χ4v) is 10.2. The second kappa shape index (κ2) is 16.4. The van der Waals surface area contributed by atoms with Gasteiger partial charge in [0.2, 0.25) is 0 Å². The van der Waals surface area contributed by atoms with Crippen LogP contribution in [0.2, 0.25) is 0 Å². The molecule has 0 fully saturated rings. The van der Waals surface area contributed by atoms with Crippen molar-refractivity contribution >= 4 is 70.5 Å². The lowest BCUT2D eigenvalue weighted by Gasteiger charge is -2.30. The highest BCUT2D eigenvalue weighted by Crippen LogP contribution is 2.56. The quantitative estimate of drug-likeness (QED) is 0.0841. The highest BCUT2D eigenvalue weighted by Gasteiger charge is 2.41. The Bertz CT molecular complexity index is 1680. The molecule has 0 aliphatic rings. The number of rotatable bonds is 10. The highest BCUT2D eigenvalue weighted by atomic mass is 32.9. The lowest BCUT2D eigenvalue weighted by atomic mass is 10.2. The number of aryl methyl sites for hydroxylation is 4. The topological polar surface area (TPSA) is 48.1 Å². The van der Waals surface area contributed by atoms with Crippen molar-refractivity contribution < 1.29 is 0 Å². The van der Waals surface area contributed by atoms with Crippen molar-refractivity contribution in [3.8, 4) is 0 Å². The Morgan fingerprint density at radius 2 is 0.625 bits per heavy atom. The first-order chi connectivity index (χ1) is 23.1. The van der Waals surface area contributed by atoms with Crippen molar-refractivity contribution in [1.82, 2.24) is 0 Å². The van der Waals surface area contributed by atoms with Crippen LogP contribution in [0.1, 0.15) is 22.3 Å². The summed E-state index contributed by atoms with van der Waals surface area (Å²) in [5.74, 6) is 0. The Balaban J connectivity index is 0.000000250. The van der Waals surface area contributed by atoms with Gasteiger partial charge in [0, 0.05) is 0 Å². The van der Waals surface area contributed by atoms with E-state index in [9.17, 15) is 0 Å². The van der Waals surface area contributed by atoms with Gasteiger partial charge in [-0.1, -0.05) is 131 Å². The minimum Gasteiger partial charge on any atom is -0.738 e. The minimum atomic E-state index is -2.44. The van der Waals surface area contributed by atoms with Gasteiger partial charge in [0.1, 0.15) is 0 Å². The largest absolute Gasteiger partial charge is 0.738 e. The molecule has 0 aliphatic carbocycles. The van der Waals surface area contributed by atoms with Crippen LogP contribution >= 0.6 is 13.1 Å². The van der Waals surface area contributed by atoms with Crippen molar-refractivity contribution in [3.05, 3.63) is 180 Å². The molecule has 244 valence electrons. The van der Waals surface area contributed by atoms with E-state index in [2.05, 4.69) is 145 Å². The van der Waals surface area contributed by atoms with E-state index >= 15 is 0 Å². The molecule has 0 bridgehead atoms. The zero-order valence-electron chi connectivity index (χ0n) is 27.7. The zero-order chi connectivity index (χ0) is 34.0. The van der Waals surface area contributed by atoms with E-state index in [-0.39, 0.29) is 0 Å². The third-order valence-electron chi connectivity index (χ3n) is 7.59. The van der Waals surface area contributed by atoms with E-state index < -0.39 is 13.1 Å². The molecule has 8 heteroatoms. The minimum absolute atomic E-state index is 1.03. The first-order valence-corrected chi connectivity index (χ1v) is 21.4. The fraction of sp³-hybridized carbons (Fsp3) is 0.100. The third kappa shape index (κ3) is 9.98. The van der Waals surface area contributed by atoms with Gasteiger partial charge >= 0.3 is 7.87 Å². The van der Waals surface area contributed by atoms with Crippen LogP contribution in [0.5, 0.6) is 0 Å². The Morgan fingerprint density at radius 3 is 0.854 bits per heavy atom. The van der Waals surface area contributed by atoms with Gasteiger partial charge in [-0.15, -0.1) is 17.0 Å². The lowest BCUT2D eigenvalue weighted by Crippen LogP contribution is -2.27. The number of hydrogen-bond donors (Lipinski definition) is 4. The molecule has 0 heterocycles. The third-order valence-corrected chi connectivity index (χ3v) is 14.4. The lowest BCUT2D eigenvalue weighted by molar-refractivity contribution is 1.44. The smallest absolute Gasteiger partial charge is 0.395 e. The second-order valence-corrected chi connectivity index (χ2v) is 20.2. The molecule has 48 heavy (non-hydrogen) atoms. The van der Waals surface area contributed by atoms with E-state index in [0.717, 1.165) is 33.4 Å². The molecular weight excluding hydrogens is 663 g/mol. The molecule has 0 atom stereocenters. The molecule has 6 aromatic carbocycles. The van der Waals surface area contributed by atoms with Crippen molar-refractivity contribution in [2.24, 2.45) is 0 Å². The Labute approximate surface area is 297 Å². The van der Waals surface area contributed by atoms with Crippen molar-refractivity contribution in [2.45, 2.75) is 27.7 Å². The summed E-state index contributed by atoms with van der Waals surface area (Å²) in [5, 5.41) is 15.4. The standard InChI is InChI=1S/C28H32N4P.C12H11PS2/c1-21-5-13-25(14-6-21)29-33(30-26-15-7-22(2)8-16-26,31-27-17-9-23(3)10-18-27)32-28-19-11-24(4)12-20-28;14-13(15,11-7-3-1-4-8-11)12-9-5-2-6-10-12/h5-20,29-32H,1-4H3;1-10H,(H,14,15)/q+1;/p-1. The first-order valence-electron chi connectivity index (χ1n) is 15.8. The van der Waals surface area contributed by atoms with E-state index in [1.807, 2.05) is 60.7 Å². The Morgan fingerprint density at radius 1 is 0.396 bits per heavy atom. The molecule has 6 aromatic rings. The molecule has 0 unspecified atom stereocenters. The predicted octanol–water partition coefficient (Wildman–Crippen LogP) is 10.9. The van der Waals surface area contributed by atoms with Gasteiger partial charge in [-0.2, -0.15) is 0 Å². The molecule has 4 N–H and O–H groups in total. The van der Waals surface area contributed by atoms with Crippen molar-refractivity contribution in [1.29, 1.82) is 0 Å². The van der Waals surface area contributed by atoms with Crippen LogP contribution < -0.4 is 31.0 Å². The maximum absolute atomic E-state index is 5.60. The maximum Gasteiger partial charge on any atom is 0.395 e. The summed E-state index contributed by atoms with van der Waals surface area (Å²) in [5.41, 5.74) is 9.06. The molecule has 6 rings (SSSR count). The van der Waals surface area contributed by atoms with Crippen LogP contribution in [-0.2, 0) is 24.1 Å². The van der Waals surface area contributed by atoms with Crippen LogP contribution in [0, 0.1) is 27.7 Å². The number of anilines is 4. The van der Waals surface area contributed by atoms with E-state index in [1.165, 1.54) is 22.3 Å². The van der Waals surface area contributed by atoms with E-state index in [0.29, 0.717) is 0 Å². The average Bonchev–Trinajstić information content (AvgIpc) is 3.10. The summed E-state index contributed by atoms with van der Waals surface area (Å²) in [7, 11) is -2.44. The SMILES string of the molecule is Cc1ccc(N[P+](Nc2ccc(C)cc2)(Nc2ccc(C)cc2)Nc2ccc(C)cc2)cc1.S=P([S-])(c1ccccc1)c1ccccc1. The molecule has 4 nitrogen and oxygen atoms in total. The molecule has 0 saturated heterocycles. The Hall–Kier alpha value is -4.05. The molecule has 0 aromatic heterocycles. The van der Waals surface area contributed by atoms with Gasteiger partial charge in [0.15, 0.2) is 0 Å². The number of benzene rings is 6. The Kier molecular flexibility index (Phi) is 12.0. The van der Waals surface area contributed by atoms with Gasteiger partial charge in [-0.3, -0.25) is 0 Å². The summed E-state index contributed by atoms with van der Waals surface area (Å²) in [6.07, 6.45) is 0. The van der Waals surface area contributed by atoms with Gasteiger partial charge in [-0.25, -0.2) is 20.3 Å². The molecule has 0 spiro atoms. The van der Waals surface area contributed by atoms with Crippen LogP contribution in [0.25, 0.3) is 0 Å². The maximum atomic E-state index is 5.60. The number of nitrogens with one attached hydrogen (secondary N) is 4. The van der Waals surface area contributed by atoms with Gasteiger partial charge in [-0.05, 0) is 86.8 Å². The van der Waals surface area contributed by atoms with Crippen LogP contribution in [0.3, 0.4) is 0 Å². The highest BCUT2D eigenvalue weighted by molar-refractivity contribution is 8.60. The summed E-state index contributed by atoms with van der Waals surface area (Å²) >= 11 is 11.2. The van der Waals surface area contributed by atoms with Crippen LogP contribution in [-0.4, -0.2) is 0 Å². The summed E-state index contributed by atoms with van der Waals surface area (Å²) in [6, 6.07) is 54.0. The summed E-state index contributed by atoms with van der Waals surface area (Å²) < 4.78 is 0. The van der Waals surface area contributed by atoms with Crippen molar-refractivity contribution in [2.75, 3.05) is 20.3 Å². The van der Waals surface area contributed by atoms with Gasteiger partial charge in [0.05, 0.1) is 22.7 Å². The zero-order valence-corrected chi connectivity index (χ0v) is 31.1. The molecule has 0 radical (unpaired) electrons. The first kappa shape index (κ1) is 35.3. The predicted molar refractivity (Wildman–Crippen MR) is 220 cm³/mol. The molecule has 0 aliphatic heterocycles. The van der Waals surface area contributed by atoms with E-state index in [1.54, 1.807) is 0 Å². The van der Waals surface area contributed by atoms with Crippen molar-refractivity contribution in [3.63, 3.8) is 0 Å². The second-order valence-electron chi connectivity index (χ2n) is 11.8. The number of hydrogen-bond acceptors (Lipinski definition) is 6. The fourth-order valence-electron chi connectivity index (χ4n) is 4.85.